The van der Waals surface area contributed by atoms with E-state index in [2.05, 4.69) is 52.2 Å². The van der Waals surface area contributed by atoms with Crippen molar-refractivity contribution in [3.8, 4) is 11.5 Å². The molecule has 260 valence electrons. The molecule has 0 amide bonds. The second kappa shape index (κ2) is 11.9. The molecule has 4 aliphatic rings. The molecule has 2 bridgehead atoms. The number of fused-ring (bicyclic) bond motifs is 6. The minimum absolute atomic E-state index is 0.153. The lowest BCUT2D eigenvalue weighted by Gasteiger charge is -2.54. The fourth-order valence-electron chi connectivity index (χ4n) is 8.31. The summed E-state index contributed by atoms with van der Waals surface area (Å²) in [5, 5.41) is 4.73. The number of rotatable bonds is 6. The van der Waals surface area contributed by atoms with Gasteiger partial charge in [0.05, 0.1) is 0 Å². The number of hydrogen-bond donors (Lipinski definition) is 2. The van der Waals surface area contributed by atoms with Crippen molar-refractivity contribution in [3.05, 3.63) is 47.5 Å². The summed E-state index contributed by atoms with van der Waals surface area (Å²) in [5.74, 6) is 2.08. The second-order valence-corrected chi connectivity index (χ2v) is 15.1. The Hall–Kier alpha value is -2.82. The summed E-state index contributed by atoms with van der Waals surface area (Å²) < 4.78 is 109. The van der Waals surface area contributed by atoms with Gasteiger partial charge in [0, 0.05) is 22.5 Å². The minimum Gasteiger partial charge on any atom is -0.490 e. The first kappa shape index (κ1) is 34.1. The number of hydrogen-bond acceptors (Lipinski definition) is 5. The molecule has 0 saturated heterocycles. The topological polar surface area (TPSA) is 51.8 Å². The molecule has 2 N–H and O–H groups in total. The molecule has 2 aromatic carbocycles. The van der Waals surface area contributed by atoms with Crippen molar-refractivity contribution in [3.63, 3.8) is 0 Å². The highest BCUT2D eigenvalue weighted by Gasteiger charge is 2.74. The van der Waals surface area contributed by atoms with Crippen LogP contribution < -0.4 is 20.1 Å². The highest BCUT2D eigenvalue weighted by atomic mass is 19.4. The molecule has 5 nitrogen and oxygen atoms in total. The fourth-order valence-corrected chi connectivity index (χ4v) is 8.31. The van der Waals surface area contributed by atoms with E-state index in [4.69, 9.17) is 14.2 Å². The van der Waals surface area contributed by atoms with Crippen molar-refractivity contribution in [2.75, 3.05) is 10.6 Å². The molecular weight excluding hydrogens is 622 g/mol. The van der Waals surface area contributed by atoms with Crippen LogP contribution in [0.1, 0.15) is 91.2 Å². The summed E-state index contributed by atoms with van der Waals surface area (Å²) in [4.78, 5) is 0. The molecule has 2 unspecified atom stereocenters. The summed E-state index contributed by atoms with van der Waals surface area (Å²) in [6, 6.07) is 7.67. The van der Waals surface area contributed by atoms with E-state index in [1.807, 2.05) is 0 Å². The predicted molar refractivity (Wildman–Crippen MR) is 168 cm³/mol. The van der Waals surface area contributed by atoms with Crippen molar-refractivity contribution in [1.29, 1.82) is 0 Å². The van der Waals surface area contributed by atoms with Crippen LogP contribution in [0.25, 0.3) is 0 Å². The molecule has 2 fully saturated rings. The number of benzene rings is 2. The van der Waals surface area contributed by atoms with Gasteiger partial charge in [-0.2, -0.15) is 26.3 Å². The molecule has 2 aromatic rings. The van der Waals surface area contributed by atoms with Crippen molar-refractivity contribution < 1.29 is 40.6 Å². The third-order valence-corrected chi connectivity index (χ3v) is 11.0. The summed E-state index contributed by atoms with van der Waals surface area (Å²) in [6.45, 7) is 12.6. The van der Waals surface area contributed by atoms with Crippen LogP contribution >= 0.6 is 0 Å². The smallest absolute Gasteiger partial charge is 0.441 e. The molecule has 47 heavy (non-hydrogen) atoms. The molecule has 11 heteroatoms. The van der Waals surface area contributed by atoms with E-state index >= 15 is 26.3 Å². The number of nitrogens with one attached hydrogen (secondary N) is 2. The van der Waals surface area contributed by atoms with Crippen LogP contribution in [-0.4, -0.2) is 24.6 Å². The van der Waals surface area contributed by atoms with Gasteiger partial charge in [-0.25, -0.2) is 0 Å². The largest absolute Gasteiger partial charge is 0.490 e. The quantitative estimate of drug-likeness (QED) is 0.300. The first-order valence-electron chi connectivity index (χ1n) is 17.0. The normalized spacial score (nSPS) is 33.8. The van der Waals surface area contributed by atoms with Gasteiger partial charge in [-0.05, 0) is 97.6 Å². The van der Waals surface area contributed by atoms with E-state index in [0.29, 0.717) is 23.7 Å². The maximum Gasteiger partial charge on any atom is 0.441 e. The Morgan fingerprint density at radius 2 is 1.04 bits per heavy atom. The summed E-state index contributed by atoms with van der Waals surface area (Å²) in [7, 11) is 0. The van der Waals surface area contributed by atoms with Crippen molar-refractivity contribution in [2.24, 2.45) is 35.5 Å². The lowest BCUT2D eigenvalue weighted by atomic mass is 9.75. The number of anilines is 2. The van der Waals surface area contributed by atoms with E-state index in [0.717, 1.165) is 38.5 Å². The first-order valence-corrected chi connectivity index (χ1v) is 17.0. The van der Waals surface area contributed by atoms with Crippen molar-refractivity contribution >= 4 is 11.4 Å². The van der Waals surface area contributed by atoms with Crippen LogP contribution in [-0.2, 0) is 16.2 Å². The van der Waals surface area contributed by atoms with E-state index < -0.39 is 34.9 Å². The molecule has 0 aromatic heterocycles. The van der Waals surface area contributed by atoms with E-state index in [-0.39, 0.29) is 46.9 Å². The molecule has 6 rings (SSSR count). The maximum absolute atomic E-state index is 15.2. The van der Waals surface area contributed by atoms with Crippen LogP contribution in [0.4, 0.5) is 37.7 Å². The molecule has 0 radical (unpaired) electrons. The predicted octanol–water partition coefficient (Wildman–Crippen LogP) is 10.4. The van der Waals surface area contributed by atoms with E-state index in [9.17, 15) is 0 Å². The summed E-state index contributed by atoms with van der Waals surface area (Å²) >= 11 is 0. The molecular formula is C36H46F6N2O3. The second-order valence-electron chi connectivity index (χ2n) is 15.1. The summed E-state index contributed by atoms with van der Waals surface area (Å²) in [6.07, 6.45) is -5.61. The highest BCUT2D eigenvalue weighted by Crippen LogP contribution is 2.62. The highest BCUT2D eigenvalue weighted by molar-refractivity contribution is 5.71. The van der Waals surface area contributed by atoms with Gasteiger partial charge < -0.3 is 24.8 Å². The zero-order chi connectivity index (χ0) is 34.1. The average Bonchev–Trinajstić information content (AvgIpc) is 2.96. The van der Waals surface area contributed by atoms with Crippen LogP contribution in [0.3, 0.4) is 0 Å². The number of alkyl halides is 6. The summed E-state index contributed by atoms with van der Waals surface area (Å²) in [5.41, 5.74) is -8.74. The van der Waals surface area contributed by atoms with Gasteiger partial charge >= 0.3 is 12.4 Å². The van der Waals surface area contributed by atoms with Gasteiger partial charge in [0.1, 0.15) is 23.7 Å². The molecule has 2 heterocycles. The standard InChI is InChI=1S/C36H46F6N2O3/c1-19(2)25-11-7-21(5)15-31(25)45-23-9-13-29-27(17-23)33(35(37,38)39)44-30-14-10-24(18-28(30)34(43-29,47-33)36(40,41)42)46-32-16-22(6)8-12-26(32)20(3)4/h9-10,13-14,17-22,25-26,31-32,43-44H,7-8,11-12,15-16H2,1-6H3/t21-,22-,25+,26+,31-,32-,33?,34?/m1/s1. The Kier molecular flexibility index (Phi) is 8.66. The van der Waals surface area contributed by atoms with Crippen LogP contribution in [0, 0.1) is 35.5 Å². The van der Waals surface area contributed by atoms with E-state index in [1.165, 1.54) is 36.4 Å². The first-order chi connectivity index (χ1) is 21.9. The third-order valence-electron chi connectivity index (χ3n) is 11.0. The minimum atomic E-state index is -5.28. The Balaban J connectivity index is 1.41. The van der Waals surface area contributed by atoms with Crippen LogP contribution in [0.5, 0.6) is 11.5 Å². The Labute approximate surface area is 273 Å². The fraction of sp³-hybridized carbons (Fsp3) is 0.667. The van der Waals surface area contributed by atoms with Crippen molar-refractivity contribution in [2.45, 2.75) is 116 Å². The van der Waals surface area contributed by atoms with E-state index in [1.54, 1.807) is 0 Å². The molecule has 0 spiro atoms. The SMILES string of the molecule is CC(C)[C@@H]1CC[C@@H](C)C[C@H]1Oc1ccc2c(c1)C1(C(F)(F)F)Nc3ccc(O[C@@H]4C[C@H](C)CC[C@H]4C(C)C)cc3C(C(F)(F)F)(N2)O1. The Bertz CT molecular complexity index is 1350. The lowest BCUT2D eigenvalue weighted by Crippen LogP contribution is -2.67. The van der Waals surface area contributed by atoms with Gasteiger partial charge in [0.15, 0.2) is 0 Å². The van der Waals surface area contributed by atoms with Crippen molar-refractivity contribution in [1.82, 2.24) is 0 Å². The maximum atomic E-state index is 15.2. The number of ether oxygens (including phenoxy) is 3. The zero-order valence-electron chi connectivity index (χ0n) is 27.8. The number of halogens is 6. The Morgan fingerprint density at radius 3 is 1.38 bits per heavy atom. The Morgan fingerprint density at radius 1 is 0.660 bits per heavy atom. The van der Waals surface area contributed by atoms with Gasteiger partial charge in [0.25, 0.3) is 11.4 Å². The third kappa shape index (κ3) is 5.92. The van der Waals surface area contributed by atoms with Crippen LogP contribution in [0.2, 0.25) is 0 Å². The molecule has 2 saturated carbocycles. The molecule has 8 atom stereocenters. The van der Waals surface area contributed by atoms with Gasteiger partial charge in [-0.15, -0.1) is 0 Å². The molecule has 2 aliphatic heterocycles. The zero-order valence-corrected chi connectivity index (χ0v) is 27.8. The molecule has 2 aliphatic carbocycles. The lowest BCUT2D eigenvalue weighted by molar-refractivity contribution is -0.369. The van der Waals surface area contributed by atoms with Gasteiger partial charge in [0.2, 0.25) is 0 Å². The monoisotopic (exact) mass is 668 g/mol. The van der Waals surface area contributed by atoms with Crippen LogP contribution in [0.15, 0.2) is 36.4 Å². The average molecular weight is 669 g/mol. The van der Waals surface area contributed by atoms with Gasteiger partial charge in [-0.3, -0.25) is 0 Å². The van der Waals surface area contributed by atoms with Gasteiger partial charge in [-0.1, -0.05) is 54.4 Å².